The summed E-state index contributed by atoms with van der Waals surface area (Å²) in [6, 6.07) is 6.69. The summed E-state index contributed by atoms with van der Waals surface area (Å²) in [4.78, 5) is 14.8. The zero-order valence-electron chi connectivity index (χ0n) is 7.33. The average molecular weight is 232 g/mol. The summed E-state index contributed by atoms with van der Waals surface area (Å²) in [5.74, 6) is -0.517. The van der Waals surface area contributed by atoms with Gasteiger partial charge in [0.1, 0.15) is 0 Å². The standard InChI is InChI=1S/C9H7Cl2NO2/c1-6(13)14-12-9(11)7-2-4-8(10)5-3-7/h2-5H,1H3/b12-9+. The Morgan fingerprint density at radius 1 is 1.36 bits per heavy atom. The summed E-state index contributed by atoms with van der Waals surface area (Å²) in [7, 11) is 0. The number of halogens is 2. The van der Waals surface area contributed by atoms with Gasteiger partial charge in [0.15, 0.2) is 5.17 Å². The lowest BCUT2D eigenvalue weighted by atomic mass is 10.2. The molecule has 0 spiro atoms. The van der Waals surface area contributed by atoms with Crippen LogP contribution in [0.25, 0.3) is 0 Å². The number of hydrogen-bond acceptors (Lipinski definition) is 3. The first-order valence-corrected chi connectivity index (χ1v) is 4.52. The molecule has 0 heterocycles. The predicted octanol–water partition coefficient (Wildman–Crippen LogP) is 2.80. The second-order valence-corrected chi connectivity index (χ2v) is 3.27. The second-order valence-electron chi connectivity index (χ2n) is 2.47. The van der Waals surface area contributed by atoms with Crippen molar-refractivity contribution < 1.29 is 9.63 Å². The third kappa shape index (κ3) is 3.36. The van der Waals surface area contributed by atoms with Gasteiger partial charge in [0.25, 0.3) is 0 Å². The molecule has 74 valence electrons. The van der Waals surface area contributed by atoms with E-state index in [1.165, 1.54) is 6.92 Å². The first kappa shape index (κ1) is 11.0. The molecular formula is C9H7Cl2NO2. The molecule has 0 aromatic heterocycles. The van der Waals surface area contributed by atoms with Gasteiger partial charge in [0, 0.05) is 17.5 Å². The average Bonchev–Trinajstić information content (AvgIpc) is 2.15. The lowest BCUT2D eigenvalue weighted by Gasteiger charge is -1.97. The Kier molecular flexibility index (Phi) is 3.92. The number of rotatable bonds is 2. The number of hydrogen-bond donors (Lipinski definition) is 0. The molecule has 0 aliphatic carbocycles. The van der Waals surface area contributed by atoms with E-state index in [-0.39, 0.29) is 5.17 Å². The molecule has 0 aliphatic rings. The number of benzene rings is 1. The predicted molar refractivity (Wildman–Crippen MR) is 55.6 cm³/mol. The first-order valence-electron chi connectivity index (χ1n) is 3.76. The van der Waals surface area contributed by atoms with Crippen LogP contribution >= 0.6 is 23.2 Å². The van der Waals surface area contributed by atoms with Crippen LogP contribution in [0.5, 0.6) is 0 Å². The van der Waals surface area contributed by atoms with Crippen LogP contribution in [-0.4, -0.2) is 11.1 Å². The van der Waals surface area contributed by atoms with E-state index in [1.807, 2.05) is 0 Å². The molecule has 3 nitrogen and oxygen atoms in total. The van der Waals surface area contributed by atoms with Gasteiger partial charge in [0.05, 0.1) is 0 Å². The van der Waals surface area contributed by atoms with Gasteiger partial charge < -0.3 is 4.84 Å². The molecule has 0 N–H and O–H groups in total. The minimum absolute atomic E-state index is 0.108. The fourth-order valence-corrected chi connectivity index (χ4v) is 1.03. The van der Waals surface area contributed by atoms with Crippen LogP contribution in [0.15, 0.2) is 29.4 Å². The first-order chi connectivity index (χ1) is 6.59. The maximum Gasteiger partial charge on any atom is 0.332 e. The lowest BCUT2D eigenvalue weighted by Crippen LogP contribution is -1.96. The third-order valence-corrected chi connectivity index (χ3v) is 1.88. The van der Waals surface area contributed by atoms with E-state index < -0.39 is 5.97 Å². The number of nitrogens with zero attached hydrogens (tertiary/aromatic N) is 1. The Morgan fingerprint density at radius 2 is 1.93 bits per heavy atom. The smallest absolute Gasteiger partial charge is 0.317 e. The van der Waals surface area contributed by atoms with Crippen LogP contribution in [0.1, 0.15) is 12.5 Å². The fourth-order valence-electron chi connectivity index (χ4n) is 0.744. The van der Waals surface area contributed by atoms with Gasteiger partial charge >= 0.3 is 5.97 Å². The van der Waals surface area contributed by atoms with Crippen molar-refractivity contribution in [3.8, 4) is 0 Å². The monoisotopic (exact) mass is 231 g/mol. The number of oxime groups is 1. The maximum atomic E-state index is 10.4. The lowest BCUT2D eigenvalue weighted by molar-refractivity contribution is -0.140. The highest BCUT2D eigenvalue weighted by atomic mass is 35.5. The van der Waals surface area contributed by atoms with E-state index in [4.69, 9.17) is 23.2 Å². The largest absolute Gasteiger partial charge is 0.332 e. The van der Waals surface area contributed by atoms with Crippen LogP contribution in [0.2, 0.25) is 5.02 Å². The van der Waals surface area contributed by atoms with Gasteiger partial charge in [0.2, 0.25) is 0 Å². The van der Waals surface area contributed by atoms with Crippen LogP contribution in [-0.2, 0) is 9.63 Å². The number of carbonyl (C=O) groups is 1. The van der Waals surface area contributed by atoms with E-state index in [0.717, 1.165) is 0 Å². The topological polar surface area (TPSA) is 38.7 Å². The van der Waals surface area contributed by atoms with Crippen molar-refractivity contribution >= 4 is 34.3 Å². The van der Waals surface area contributed by atoms with Gasteiger partial charge in [-0.05, 0) is 12.1 Å². The summed E-state index contributed by atoms with van der Waals surface area (Å²) < 4.78 is 0. The van der Waals surface area contributed by atoms with Gasteiger partial charge in [-0.3, -0.25) is 0 Å². The minimum atomic E-state index is -0.517. The molecule has 0 radical (unpaired) electrons. The molecule has 1 aromatic carbocycles. The third-order valence-electron chi connectivity index (χ3n) is 1.34. The van der Waals surface area contributed by atoms with Crippen molar-refractivity contribution in [1.29, 1.82) is 0 Å². The highest BCUT2D eigenvalue weighted by molar-refractivity contribution is 6.69. The maximum absolute atomic E-state index is 10.4. The van der Waals surface area contributed by atoms with Crippen molar-refractivity contribution in [2.24, 2.45) is 5.16 Å². The Bertz CT molecular complexity index is 360. The van der Waals surface area contributed by atoms with Gasteiger partial charge in [-0.25, -0.2) is 4.79 Å². The van der Waals surface area contributed by atoms with Crippen LogP contribution in [0.3, 0.4) is 0 Å². The fraction of sp³-hybridized carbons (Fsp3) is 0.111. The Morgan fingerprint density at radius 3 is 2.43 bits per heavy atom. The minimum Gasteiger partial charge on any atom is -0.317 e. The SMILES string of the molecule is CC(=O)O/N=C(/Cl)c1ccc(Cl)cc1. The van der Waals surface area contributed by atoms with Crippen LogP contribution < -0.4 is 0 Å². The molecule has 1 rings (SSSR count). The Balaban J connectivity index is 2.78. The highest BCUT2D eigenvalue weighted by Gasteiger charge is 2.01. The molecule has 5 heteroatoms. The Hall–Kier alpha value is -1.06. The molecule has 0 aliphatic heterocycles. The summed E-state index contributed by atoms with van der Waals surface area (Å²) in [6.45, 7) is 1.25. The molecule has 14 heavy (non-hydrogen) atoms. The van der Waals surface area contributed by atoms with Crippen molar-refractivity contribution in [2.45, 2.75) is 6.92 Å². The highest BCUT2D eigenvalue weighted by Crippen LogP contribution is 2.12. The Labute approximate surface area is 91.3 Å². The quantitative estimate of drug-likeness (QED) is 0.446. The van der Waals surface area contributed by atoms with E-state index in [1.54, 1.807) is 24.3 Å². The molecule has 0 amide bonds. The van der Waals surface area contributed by atoms with Crippen LogP contribution in [0.4, 0.5) is 0 Å². The van der Waals surface area contributed by atoms with Crippen molar-refractivity contribution in [1.82, 2.24) is 0 Å². The van der Waals surface area contributed by atoms with Crippen molar-refractivity contribution in [3.63, 3.8) is 0 Å². The number of carbonyl (C=O) groups excluding carboxylic acids is 1. The van der Waals surface area contributed by atoms with Gasteiger partial charge in [-0.15, -0.1) is 0 Å². The molecule has 1 aromatic rings. The second kappa shape index (κ2) is 4.98. The van der Waals surface area contributed by atoms with Gasteiger partial charge in [-0.1, -0.05) is 40.5 Å². The molecule has 0 unspecified atom stereocenters. The molecule has 0 saturated heterocycles. The van der Waals surface area contributed by atoms with Crippen molar-refractivity contribution in [3.05, 3.63) is 34.9 Å². The van der Waals surface area contributed by atoms with Gasteiger partial charge in [-0.2, -0.15) is 0 Å². The molecule has 0 fully saturated rings. The van der Waals surface area contributed by atoms with E-state index in [9.17, 15) is 4.79 Å². The van der Waals surface area contributed by atoms with Crippen molar-refractivity contribution in [2.75, 3.05) is 0 Å². The molecule has 0 bridgehead atoms. The zero-order chi connectivity index (χ0) is 10.6. The molecular weight excluding hydrogens is 225 g/mol. The van der Waals surface area contributed by atoms with E-state index in [0.29, 0.717) is 10.6 Å². The van der Waals surface area contributed by atoms with E-state index in [2.05, 4.69) is 9.99 Å². The zero-order valence-corrected chi connectivity index (χ0v) is 8.84. The summed E-state index contributed by atoms with van der Waals surface area (Å²) in [5.41, 5.74) is 0.636. The summed E-state index contributed by atoms with van der Waals surface area (Å²) >= 11 is 11.4. The molecule has 0 atom stereocenters. The summed E-state index contributed by atoms with van der Waals surface area (Å²) in [5, 5.41) is 4.12. The molecule has 0 saturated carbocycles. The normalized spacial score (nSPS) is 11.2. The van der Waals surface area contributed by atoms with Crippen LogP contribution in [0, 0.1) is 0 Å². The van der Waals surface area contributed by atoms with E-state index >= 15 is 0 Å². The summed E-state index contributed by atoms with van der Waals surface area (Å²) in [6.07, 6.45) is 0.